The summed E-state index contributed by atoms with van der Waals surface area (Å²) in [6, 6.07) is 8.74. The molecule has 0 aliphatic heterocycles. The molecule has 11 heteroatoms. The first-order valence-corrected chi connectivity index (χ1v) is 11.2. The lowest BCUT2D eigenvalue weighted by Crippen LogP contribution is -2.28. The minimum absolute atomic E-state index is 0.143. The standard InChI is InChI=1S/C24H23N3O7S/c1-30-16-7-6-13(9-17(16)31-2)8-15-22(28)25-24-27(26-15)23(29)20(35-24)12-14-10-18(32-3)21(34-5)19(11-14)33-4/h6-7,9-12H,8H2,1-5H3. The second kappa shape index (κ2) is 10.0. The fourth-order valence-electron chi connectivity index (χ4n) is 3.57. The van der Waals surface area contributed by atoms with Gasteiger partial charge in [-0.2, -0.15) is 14.6 Å². The molecule has 0 atom stereocenters. The van der Waals surface area contributed by atoms with Crippen LogP contribution in [0, 0.1) is 0 Å². The second-order valence-corrected chi connectivity index (χ2v) is 8.31. The van der Waals surface area contributed by atoms with Crippen molar-refractivity contribution in [3.05, 3.63) is 72.4 Å². The number of rotatable bonds is 8. The van der Waals surface area contributed by atoms with Crippen LogP contribution in [0.25, 0.3) is 11.0 Å². The van der Waals surface area contributed by atoms with Crippen molar-refractivity contribution in [2.45, 2.75) is 6.42 Å². The van der Waals surface area contributed by atoms with E-state index in [1.165, 1.54) is 28.4 Å². The Morgan fingerprint density at radius 3 is 2.11 bits per heavy atom. The molecule has 0 aliphatic rings. The molecule has 4 aromatic rings. The monoisotopic (exact) mass is 497 g/mol. The van der Waals surface area contributed by atoms with Crippen LogP contribution in [0.1, 0.15) is 16.8 Å². The molecule has 182 valence electrons. The fraction of sp³-hybridized carbons (Fsp3) is 0.250. The van der Waals surface area contributed by atoms with Gasteiger partial charge in [0.25, 0.3) is 11.1 Å². The second-order valence-electron chi connectivity index (χ2n) is 7.30. The molecule has 0 radical (unpaired) electrons. The molecule has 0 bridgehead atoms. The highest BCUT2D eigenvalue weighted by atomic mass is 32.1. The third kappa shape index (κ3) is 4.62. The number of nitrogens with zero attached hydrogens (tertiary/aromatic N) is 3. The number of fused-ring (bicyclic) bond motifs is 1. The van der Waals surface area contributed by atoms with E-state index >= 15 is 0 Å². The van der Waals surface area contributed by atoms with E-state index in [-0.39, 0.29) is 22.6 Å². The van der Waals surface area contributed by atoms with Gasteiger partial charge < -0.3 is 23.7 Å². The number of benzene rings is 2. The molecule has 0 spiro atoms. The highest BCUT2D eigenvalue weighted by Gasteiger charge is 2.15. The Labute approximate surface area is 203 Å². The quantitative estimate of drug-likeness (QED) is 0.359. The van der Waals surface area contributed by atoms with E-state index in [9.17, 15) is 9.59 Å². The van der Waals surface area contributed by atoms with Gasteiger partial charge in [-0.1, -0.05) is 17.4 Å². The third-order valence-electron chi connectivity index (χ3n) is 5.25. The summed E-state index contributed by atoms with van der Waals surface area (Å²) < 4.78 is 28.2. The average Bonchev–Trinajstić information content (AvgIpc) is 3.16. The largest absolute Gasteiger partial charge is 0.493 e. The van der Waals surface area contributed by atoms with Gasteiger partial charge in [-0.25, -0.2) is 0 Å². The maximum Gasteiger partial charge on any atom is 0.296 e. The fourth-order valence-corrected chi connectivity index (χ4v) is 4.48. The van der Waals surface area contributed by atoms with Gasteiger partial charge in [0.1, 0.15) is 5.69 Å². The molecule has 2 heterocycles. The molecule has 10 nitrogen and oxygen atoms in total. The summed E-state index contributed by atoms with van der Waals surface area (Å²) in [7, 11) is 7.61. The van der Waals surface area contributed by atoms with Crippen LogP contribution in [0.3, 0.4) is 0 Å². The Morgan fingerprint density at radius 1 is 0.857 bits per heavy atom. The van der Waals surface area contributed by atoms with Gasteiger partial charge in [-0.3, -0.25) is 9.59 Å². The van der Waals surface area contributed by atoms with Gasteiger partial charge in [0.15, 0.2) is 23.0 Å². The molecule has 0 N–H and O–H groups in total. The van der Waals surface area contributed by atoms with Crippen LogP contribution in [0.2, 0.25) is 0 Å². The van der Waals surface area contributed by atoms with Gasteiger partial charge in [-0.05, 0) is 41.5 Å². The third-order valence-corrected chi connectivity index (χ3v) is 6.21. The summed E-state index contributed by atoms with van der Waals surface area (Å²) >= 11 is 1.07. The summed E-state index contributed by atoms with van der Waals surface area (Å²) in [4.78, 5) is 30.0. The first-order chi connectivity index (χ1) is 16.9. The van der Waals surface area contributed by atoms with E-state index in [4.69, 9.17) is 23.7 Å². The molecule has 0 saturated carbocycles. The van der Waals surface area contributed by atoms with Crippen LogP contribution in [-0.2, 0) is 6.42 Å². The Hall–Kier alpha value is -4.12. The number of aromatic nitrogens is 3. The van der Waals surface area contributed by atoms with Gasteiger partial charge in [0.2, 0.25) is 10.7 Å². The number of methoxy groups -OCH3 is 5. The van der Waals surface area contributed by atoms with Crippen molar-refractivity contribution in [3.63, 3.8) is 0 Å². The summed E-state index contributed by atoms with van der Waals surface area (Å²) in [5, 5.41) is 4.30. The highest BCUT2D eigenvalue weighted by molar-refractivity contribution is 7.15. The molecule has 4 rings (SSSR count). The molecule has 2 aromatic heterocycles. The minimum Gasteiger partial charge on any atom is -0.493 e. The van der Waals surface area contributed by atoms with Crippen molar-refractivity contribution in [2.24, 2.45) is 0 Å². The highest BCUT2D eigenvalue weighted by Crippen LogP contribution is 2.38. The van der Waals surface area contributed by atoms with Crippen LogP contribution in [0.5, 0.6) is 28.7 Å². The van der Waals surface area contributed by atoms with E-state index in [0.29, 0.717) is 38.8 Å². The van der Waals surface area contributed by atoms with Crippen molar-refractivity contribution in [3.8, 4) is 28.7 Å². The number of ether oxygens (including phenoxy) is 5. The lowest BCUT2D eigenvalue weighted by Gasteiger charge is -2.12. The summed E-state index contributed by atoms with van der Waals surface area (Å²) in [5.41, 5.74) is 0.668. The van der Waals surface area contributed by atoms with Crippen LogP contribution in [0.4, 0.5) is 0 Å². The predicted octanol–water partition coefficient (Wildman–Crippen LogP) is 1.69. The maximum atomic E-state index is 13.1. The van der Waals surface area contributed by atoms with Crippen molar-refractivity contribution in [2.75, 3.05) is 35.5 Å². The maximum absolute atomic E-state index is 13.1. The Morgan fingerprint density at radius 2 is 1.51 bits per heavy atom. The molecule has 0 amide bonds. The van der Waals surface area contributed by atoms with Crippen LogP contribution < -0.4 is 39.3 Å². The lowest BCUT2D eigenvalue weighted by atomic mass is 10.1. The van der Waals surface area contributed by atoms with Crippen molar-refractivity contribution < 1.29 is 23.7 Å². The summed E-state index contributed by atoms with van der Waals surface area (Å²) in [6.07, 6.45) is 1.84. The molecular formula is C24H23N3O7S. The molecule has 0 fully saturated rings. The number of thiazole rings is 1. The molecule has 0 saturated heterocycles. The van der Waals surface area contributed by atoms with Gasteiger partial charge in [0, 0.05) is 6.42 Å². The SMILES string of the molecule is COc1ccc(Cc2nn3c(=O)c(=Cc4cc(OC)c(OC)c(OC)c4)sc3nc2=O)cc1OC. The summed E-state index contributed by atoms with van der Waals surface area (Å²) in [6.45, 7) is 0. The molecular weight excluding hydrogens is 474 g/mol. The van der Waals surface area contributed by atoms with Crippen LogP contribution in [-0.4, -0.2) is 50.1 Å². The zero-order chi connectivity index (χ0) is 25.1. The minimum atomic E-state index is -0.500. The Bertz CT molecular complexity index is 1540. The van der Waals surface area contributed by atoms with Crippen LogP contribution >= 0.6 is 11.3 Å². The molecule has 0 aliphatic carbocycles. The summed E-state index contributed by atoms with van der Waals surface area (Å²) in [5.74, 6) is 2.45. The van der Waals surface area contributed by atoms with E-state index in [0.717, 1.165) is 21.4 Å². The van der Waals surface area contributed by atoms with E-state index < -0.39 is 5.56 Å². The Balaban J connectivity index is 1.78. The van der Waals surface area contributed by atoms with Crippen molar-refractivity contribution in [1.29, 1.82) is 0 Å². The first kappa shape index (κ1) is 24.0. The topological polar surface area (TPSA) is 110 Å². The normalized spacial score (nSPS) is 11.5. The number of hydrogen-bond donors (Lipinski definition) is 0. The van der Waals surface area contributed by atoms with Crippen LogP contribution in [0.15, 0.2) is 39.9 Å². The van der Waals surface area contributed by atoms with E-state index in [2.05, 4.69) is 10.1 Å². The predicted molar refractivity (Wildman–Crippen MR) is 131 cm³/mol. The lowest BCUT2D eigenvalue weighted by molar-refractivity contribution is 0.324. The molecule has 35 heavy (non-hydrogen) atoms. The van der Waals surface area contributed by atoms with Crippen molar-refractivity contribution >= 4 is 22.4 Å². The van der Waals surface area contributed by atoms with E-state index in [1.807, 2.05) is 0 Å². The van der Waals surface area contributed by atoms with Crippen molar-refractivity contribution in [1.82, 2.24) is 14.6 Å². The first-order valence-electron chi connectivity index (χ1n) is 10.4. The Kier molecular flexibility index (Phi) is 6.87. The van der Waals surface area contributed by atoms with Gasteiger partial charge in [0.05, 0.1) is 40.1 Å². The van der Waals surface area contributed by atoms with Gasteiger partial charge in [-0.15, -0.1) is 0 Å². The zero-order valence-corrected chi connectivity index (χ0v) is 20.6. The van der Waals surface area contributed by atoms with E-state index in [1.54, 1.807) is 43.5 Å². The zero-order valence-electron chi connectivity index (χ0n) is 19.8. The average molecular weight is 498 g/mol. The van der Waals surface area contributed by atoms with Gasteiger partial charge >= 0.3 is 0 Å². The molecule has 0 unspecified atom stereocenters. The smallest absolute Gasteiger partial charge is 0.296 e. The molecule has 2 aromatic carbocycles. The number of hydrogen-bond acceptors (Lipinski definition) is 10.